The Morgan fingerprint density at radius 1 is 0.868 bits per heavy atom. The Kier molecular flexibility index (Phi) is 6.23. The Balaban J connectivity index is 1.50. The summed E-state index contributed by atoms with van der Waals surface area (Å²) in [5.74, 6) is -1.46. The summed E-state index contributed by atoms with van der Waals surface area (Å²) in [6.45, 7) is 3.55. The van der Waals surface area contributed by atoms with Gasteiger partial charge in [-0.25, -0.2) is 0 Å². The highest BCUT2D eigenvalue weighted by Gasteiger charge is 2.31. The van der Waals surface area contributed by atoms with E-state index < -0.39 is 23.6 Å². The molecule has 5 aromatic rings. The number of alkyl halides is 3. The molecule has 0 aliphatic rings. The third-order valence-corrected chi connectivity index (χ3v) is 5.89. The van der Waals surface area contributed by atoms with Crippen molar-refractivity contribution in [3.05, 3.63) is 101 Å². The minimum atomic E-state index is -4.58. The number of aryl methyl sites for hydroxylation is 2. The third kappa shape index (κ3) is 4.75. The molecule has 2 amide bonds. The van der Waals surface area contributed by atoms with Crippen molar-refractivity contribution in [1.82, 2.24) is 5.16 Å². The van der Waals surface area contributed by atoms with E-state index in [2.05, 4.69) is 15.8 Å². The first-order chi connectivity index (χ1) is 18.1. The lowest BCUT2D eigenvalue weighted by Crippen LogP contribution is -2.18. The van der Waals surface area contributed by atoms with Crippen molar-refractivity contribution in [2.24, 2.45) is 0 Å². The van der Waals surface area contributed by atoms with E-state index in [4.69, 9.17) is 8.94 Å². The molecule has 38 heavy (non-hydrogen) atoms. The van der Waals surface area contributed by atoms with Crippen LogP contribution in [0.1, 0.15) is 37.7 Å². The minimum Gasteiger partial charge on any atom is -0.449 e. The Bertz CT molecular complexity index is 1670. The summed E-state index contributed by atoms with van der Waals surface area (Å²) in [6, 6.07) is 18.2. The zero-order valence-electron chi connectivity index (χ0n) is 20.1. The van der Waals surface area contributed by atoms with Gasteiger partial charge >= 0.3 is 6.18 Å². The van der Waals surface area contributed by atoms with Crippen LogP contribution in [0.15, 0.2) is 81.7 Å². The maximum atomic E-state index is 13.5. The van der Waals surface area contributed by atoms with Crippen LogP contribution < -0.4 is 10.6 Å². The number of para-hydroxylation sites is 1. The van der Waals surface area contributed by atoms with Gasteiger partial charge in [0.05, 0.1) is 11.3 Å². The van der Waals surface area contributed by atoms with Gasteiger partial charge in [-0.15, -0.1) is 0 Å². The molecule has 0 atom stereocenters. The fraction of sp³-hybridized carbons (Fsp3) is 0.107. The first kappa shape index (κ1) is 24.8. The van der Waals surface area contributed by atoms with E-state index in [0.29, 0.717) is 22.2 Å². The normalized spacial score (nSPS) is 11.5. The first-order valence-electron chi connectivity index (χ1n) is 11.5. The number of nitrogens with zero attached hydrogens (tertiary/aromatic N) is 1. The molecule has 3 aromatic carbocycles. The number of nitrogens with one attached hydrogen (secondary N) is 2. The molecule has 0 unspecified atom stereocenters. The van der Waals surface area contributed by atoms with Crippen LogP contribution in [-0.4, -0.2) is 17.0 Å². The molecule has 0 fully saturated rings. The second-order valence-electron chi connectivity index (χ2n) is 8.63. The van der Waals surface area contributed by atoms with Crippen LogP contribution in [0.3, 0.4) is 0 Å². The molecule has 7 nitrogen and oxygen atoms in total. The minimum absolute atomic E-state index is 0.0607. The monoisotopic (exact) mass is 519 g/mol. The standard InChI is InChI=1S/C28H20F3N3O4/c1-15-10-12-17(13-11-15)24-22(16(2)34-38-24)26(35)33-23-20-8-3-4-9-21(20)37-25(23)27(36)32-19-7-5-6-18(14-19)28(29,30)31/h3-14H,1-2H3,(H,32,36)(H,33,35). The third-order valence-electron chi connectivity index (χ3n) is 5.89. The van der Waals surface area contributed by atoms with E-state index in [1.807, 2.05) is 19.1 Å². The largest absolute Gasteiger partial charge is 0.449 e. The van der Waals surface area contributed by atoms with Crippen LogP contribution in [0.25, 0.3) is 22.3 Å². The zero-order chi connectivity index (χ0) is 27.0. The molecule has 2 aromatic heterocycles. The fourth-order valence-electron chi connectivity index (χ4n) is 4.01. The maximum absolute atomic E-state index is 13.5. The molecule has 0 saturated carbocycles. The van der Waals surface area contributed by atoms with E-state index in [9.17, 15) is 22.8 Å². The lowest BCUT2D eigenvalue weighted by atomic mass is 10.0. The highest BCUT2D eigenvalue weighted by atomic mass is 19.4. The number of carbonyl (C=O) groups is 2. The lowest BCUT2D eigenvalue weighted by Gasteiger charge is -2.10. The van der Waals surface area contributed by atoms with Gasteiger partial charge in [-0.1, -0.05) is 53.2 Å². The van der Waals surface area contributed by atoms with Gasteiger partial charge < -0.3 is 19.6 Å². The van der Waals surface area contributed by atoms with Gasteiger partial charge in [-0.2, -0.15) is 13.2 Å². The molecule has 0 saturated heterocycles. The molecule has 2 heterocycles. The van der Waals surface area contributed by atoms with Crippen LogP contribution >= 0.6 is 0 Å². The predicted molar refractivity (Wildman–Crippen MR) is 135 cm³/mol. The van der Waals surface area contributed by atoms with E-state index in [-0.39, 0.29) is 28.5 Å². The number of furan rings is 1. The first-order valence-corrected chi connectivity index (χ1v) is 11.5. The number of amides is 2. The average Bonchev–Trinajstić information content (AvgIpc) is 3.45. The van der Waals surface area contributed by atoms with Crippen molar-refractivity contribution >= 4 is 34.2 Å². The quantitative estimate of drug-likeness (QED) is 0.255. The van der Waals surface area contributed by atoms with E-state index in [1.54, 1.807) is 43.3 Å². The van der Waals surface area contributed by atoms with E-state index in [0.717, 1.165) is 17.7 Å². The molecular weight excluding hydrogens is 499 g/mol. The summed E-state index contributed by atoms with van der Waals surface area (Å²) >= 11 is 0. The van der Waals surface area contributed by atoms with E-state index >= 15 is 0 Å². The van der Waals surface area contributed by atoms with Gasteiger partial charge in [0.15, 0.2) is 5.76 Å². The summed E-state index contributed by atoms with van der Waals surface area (Å²) in [5, 5.41) is 9.52. The maximum Gasteiger partial charge on any atom is 0.416 e. The van der Waals surface area contributed by atoms with Crippen molar-refractivity contribution < 1.29 is 31.7 Å². The highest BCUT2D eigenvalue weighted by Crippen LogP contribution is 2.35. The van der Waals surface area contributed by atoms with Crippen molar-refractivity contribution in [3.63, 3.8) is 0 Å². The topological polar surface area (TPSA) is 97.4 Å². The molecular formula is C28H20F3N3O4. The molecule has 0 bridgehead atoms. The summed E-state index contributed by atoms with van der Waals surface area (Å²) in [5.41, 5.74) is 1.53. The highest BCUT2D eigenvalue weighted by molar-refractivity contribution is 6.18. The molecule has 10 heteroatoms. The number of benzene rings is 3. The Morgan fingerprint density at radius 3 is 2.34 bits per heavy atom. The number of fused-ring (bicyclic) bond motifs is 1. The Labute approximate surface area is 214 Å². The second kappa shape index (κ2) is 9.55. The summed E-state index contributed by atoms with van der Waals surface area (Å²) < 4.78 is 50.5. The van der Waals surface area contributed by atoms with Crippen molar-refractivity contribution in [1.29, 1.82) is 0 Å². The fourth-order valence-corrected chi connectivity index (χ4v) is 4.01. The lowest BCUT2D eigenvalue weighted by molar-refractivity contribution is -0.137. The average molecular weight is 519 g/mol. The molecule has 0 aliphatic carbocycles. The number of rotatable bonds is 5. The number of anilines is 2. The van der Waals surface area contributed by atoms with Crippen LogP contribution in [0.5, 0.6) is 0 Å². The van der Waals surface area contributed by atoms with Crippen LogP contribution in [0, 0.1) is 13.8 Å². The Hall–Kier alpha value is -4.86. The summed E-state index contributed by atoms with van der Waals surface area (Å²) in [4.78, 5) is 26.6. The predicted octanol–water partition coefficient (Wildman–Crippen LogP) is 7.23. The SMILES string of the molecule is Cc1ccc(-c2onc(C)c2C(=O)Nc2c(C(=O)Nc3cccc(C(F)(F)F)c3)oc3ccccc23)cc1. The molecule has 0 spiro atoms. The molecule has 192 valence electrons. The van der Waals surface area contributed by atoms with Crippen molar-refractivity contribution in [2.75, 3.05) is 10.6 Å². The summed E-state index contributed by atoms with van der Waals surface area (Å²) in [7, 11) is 0. The van der Waals surface area contributed by atoms with Crippen molar-refractivity contribution in [2.45, 2.75) is 20.0 Å². The second-order valence-corrected chi connectivity index (χ2v) is 8.63. The molecule has 2 N–H and O–H groups in total. The van der Waals surface area contributed by atoms with Gasteiger partial charge in [0.1, 0.15) is 16.8 Å². The number of halogens is 3. The number of carbonyl (C=O) groups excluding carboxylic acids is 2. The van der Waals surface area contributed by atoms with Gasteiger partial charge in [0.2, 0.25) is 5.76 Å². The summed E-state index contributed by atoms with van der Waals surface area (Å²) in [6.07, 6.45) is -4.58. The van der Waals surface area contributed by atoms with Gasteiger partial charge in [0.25, 0.3) is 11.8 Å². The van der Waals surface area contributed by atoms with Gasteiger partial charge in [-0.05, 0) is 44.2 Å². The van der Waals surface area contributed by atoms with E-state index in [1.165, 1.54) is 12.1 Å². The smallest absolute Gasteiger partial charge is 0.416 e. The molecule has 0 aliphatic heterocycles. The van der Waals surface area contributed by atoms with Crippen LogP contribution in [0.2, 0.25) is 0 Å². The van der Waals surface area contributed by atoms with Gasteiger partial charge in [-0.3, -0.25) is 9.59 Å². The number of hydrogen-bond acceptors (Lipinski definition) is 5. The van der Waals surface area contributed by atoms with Crippen LogP contribution in [-0.2, 0) is 6.18 Å². The zero-order valence-corrected chi connectivity index (χ0v) is 20.1. The molecule has 5 rings (SSSR count). The number of aromatic nitrogens is 1. The Morgan fingerprint density at radius 2 is 1.61 bits per heavy atom. The molecule has 0 radical (unpaired) electrons. The van der Waals surface area contributed by atoms with Crippen LogP contribution in [0.4, 0.5) is 24.5 Å². The van der Waals surface area contributed by atoms with Crippen molar-refractivity contribution in [3.8, 4) is 11.3 Å². The van der Waals surface area contributed by atoms with Gasteiger partial charge in [0, 0.05) is 16.6 Å². The number of hydrogen-bond donors (Lipinski definition) is 2.